The molecule has 0 aliphatic carbocycles. The molecule has 1 aromatic rings. The van der Waals surface area contributed by atoms with Crippen molar-refractivity contribution in [3.8, 4) is 0 Å². The summed E-state index contributed by atoms with van der Waals surface area (Å²) in [5.41, 5.74) is 0.996. The van der Waals surface area contributed by atoms with E-state index in [0.29, 0.717) is 0 Å². The van der Waals surface area contributed by atoms with Crippen molar-refractivity contribution in [3.05, 3.63) is 27.5 Å². The first-order valence-corrected chi connectivity index (χ1v) is 4.88. The number of pyridine rings is 1. The molecule has 1 aromatic heterocycles. The van der Waals surface area contributed by atoms with Crippen LogP contribution in [-0.4, -0.2) is 4.98 Å². The highest BCUT2D eigenvalue weighted by Gasteiger charge is 2.01. The predicted octanol–water partition coefficient (Wildman–Crippen LogP) is 3.97. The fourth-order valence-electron chi connectivity index (χ4n) is 0.553. The maximum absolute atomic E-state index is 5.88. The van der Waals surface area contributed by atoms with Crippen LogP contribution in [0.2, 0.25) is 5.02 Å². The molecule has 0 bridgehead atoms. The summed E-state index contributed by atoms with van der Waals surface area (Å²) >= 11 is 12.4. The van der Waals surface area contributed by atoms with Gasteiger partial charge in [-0.25, -0.2) is 0 Å². The molecule has 0 saturated heterocycles. The monoisotopic (exact) mass is 363 g/mol. The molecule has 0 aliphatic rings. The van der Waals surface area contributed by atoms with Crippen LogP contribution in [0.25, 0.3) is 0 Å². The molecule has 1 nitrogen and oxygen atoms in total. The van der Waals surface area contributed by atoms with Crippen LogP contribution in [0.3, 0.4) is 0 Å². The van der Waals surface area contributed by atoms with Gasteiger partial charge in [-0.2, -0.15) is 0 Å². The van der Waals surface area contributed by atoms with E-state index in [9.17, 15) is 0 Å². The normalized spacial score (nSPS) is 9.00. The number of alkyl halides is 1. The van der Waals surface area contributed by atoms with Crippen molar-refractivity contribution in [1.29, 1.82) is 0 Å². The molecule has 0 fully saturated rings. The minimum atomic E-state index is 0. The Kier molecular flexibility index (Phi) is 5.95. The minimum absolute atomic E-state index is 0. The van der Waals surface area contributed by atoms with Gasteiger partial charge in [-0.15, -0.1) is 17.0 Å². The first-order chi connectivity index (χ1) is 4.75. The molecule has 0 radical (unpaired) electrons. The maximum Gasteiger partial charge on any atom is 0.0619 e. The Morgan fingerprint density at radius 2 is 2.09 bits per heavy atom. The van der Waals surface area contributed by atoms with E-state index in [-0.39, 0.29) is 17.0 Å². The fourth-order valence-corrected chi connectivity index (χ4v) is 1.68. The molecule has 0 N–H and O–H groups in total. The van der Waals surface area contributed by atoms with Crippen LogP contribution in [0.5, 0.6) is 0 Å². The van der Waals surface area contributed by atoms with Crippen LogP contribution < -0.4 is 0 Å². The van der Waals surface area contributed by atoms with Gasteiger partial charge in [0.1, 0.15) is 0 Å². The van der Waals surface area contributed by atoms with Crippen molar-refractivity contribution < 1.29 is 0 Å². The smallest absolute Gasteiger partial charge is 0.0619 e. The van der Waals surface area contributed by atoms with Crippen molar-refractivity contribution >= 4 is 60.4 Å². The van der Waals surface area contributed by atoms with E-state index in [2.05, 4.69) is 36.8 Å². The second-order valence-electron chi connectivity index (χ2n) is 1.73. The van der Waals surface area contributed by atoms with Gasteiger partial charge in [-0.3, -0.25) is 4.98 Å². The van der Waals surface area contributed by atoms with E-state index in [0.717, 1.165) is 20.4 Å². The van der Waals surface area contributed by atoms with Crippen LogP contribution >= 0.6 is 60.4 Å². The highest BCUT2D eigenvalue weighted by molar-refractivity contribution is 9.10. The number of hydrogen-bond donors (Lipinski definition) is 0. The number of aromatic nitrogens is 1. The molecule has 0 amide bonds. The van der Waals surface area contributed by atoms with E-state index < -0.39 is 0 Å². The fraction of sp³-hybridized carbons (Fsp3) is 0.167. The molecule has 0 atom stereocenters. The summed E-state index contributed by atoms with van der Waals surface area (Å²) in [5, 5.41) is 1.46. The second kappa shape index (κ2) is 5.51. The molecule has 0 saturated carbocycles. The third-order valence-electron chi connectivity index (χ3n) is 1.05. The third-order valence-corrected chi connectivity index (χ3v) is 2.93. The zero-order valence-electron chi connectivity index (χ0n) is 5.35. The zero-order chi connectivity index (χ0) is 7.56. The molecule has 1 heterocycles. The van der Waals surface area contributed by atoms with E-state index in [1.165, 1.54) is 0 Å². The van der Waals surface area contributed by atoms with Crippen molar-refractivity contribution in [2.24, 2.45) is 0 Å². The minimum Gasteiger partial charge on any atom is -0.263 e. The van der Waals surface area contributed by atoms with Crippen LogP contribution in [-0.2, 0) is 5.33 Å². The average Bonchev–Trinajstić information content (AvgIpc) is 1.95. The largest absolute Gasteiger partial charge is 0.263 e. The van der Waals surface area contributed by atoms with Crippen LogP contribution in [0, 0.1) is 0 Å². The van der Waals surface area contributed by atoms with Crippen LogP contribution in [0.1, 0.15) is 5.56 Å². The summed E-state index contributed by atoms with van der Waals surface area (Å²) in [7, 11) is 0. The van der Waals surface area contributed by atoms with Gasteiger partial charge >= 0.3 is 0 Å². The van der Waals surface area contributed by atoms with E-state index in [1.807, 2.05) is 0 Å². The van der Waals surface area contributed by atoms with Gasteiger partial charge in [0.2, 0.25) is 0 Å². The lowest BCUT2D eigenvalue weighted by atomic mass is 10.3. The van der Waals surface area contributed by atoms with Crippen LogP contribution in [0.4, 0.5) is 0 Å². The maximum atomic E-state index is 5.88. The van der Waals surface area contributed by atoms with Gasteiger partial charge in [-0.05, 0) is 15.9 Å². The van der Waals surface area contributed by atoms with Gasteiger partial charge in [0.05, 0.1) is 9.50 Å². The summed E-state index contributed by atoms with van der Waals surface area (Å²) < 4.78 is 0.839. The Morgan fingerprint density at radius 1 is 1.45 bits per heavy atom. The zero-order valence-corrected chi connectivity index (χ0v) is 11.0. The van der Waals surface area contributed by atoms with Gasteiger partial charge in [0, 0.05) is 23.3 Å². The Morgan fingerprint density at radius 3 is 2.55 bits per heavy atom. The molecule has 0 aromatic carbocycles. The highest BCUT2D eigenvalue weighted by Crippen LogP contribution is 2.25. The Balaban J connectivity index is 0.000001000. The van der Waals surface area contributed by atoms with Crippen molar-refractivity contribution in [2.75, 3.05) is 0 Å². The highest BCUT2D eigenvalue weighted by atomic mass is 79.9. The number of hydrogen-bond acceptors (Lipinski definition) is 1. The lowest BCUT2D eigenvalue weighted by Gasteiger charge is -1.98. The Hall–Kier alpha value is 0.880. The summed E-state index contributed by atoms with van der Waals surface area (Å²) in [6, 6.07) is 0. The second-order valence-corrected chi connectivity index (χ2v) is 3.52. The third kappa shape index (κ3) is 3.01. The topological polar surface area (TPSA) is 12.9 Å². The average molecular weight is 366 g/mol. The van der Waals surface area contributed by atoms with Gasteiger partial charge < -0.3 is 0 Å². The van der Waals surface area contributed by atoms with Gasteiger partial charge in [-0.1, -0.05) is 27.5 Å². The summed E-state index contributed by atoms with van der Waals surface area (Å²) in [6.45, 7) is 0. The van der Waals surface area contributed by atoms with Gasteiger partial charge in [0.15, 0.2) is 0 Å². The standard InChI is InChI=1S/C6H4Br2ClN.BrH/c7-1-4-2-10-3-5(8)6(4)9;/h2-3H,1H2;1H. The number of nitrogens with zero attached hydrogens (tertiary/aromatic N) is 1. The quantitative estimate of drug-likeness (QED) is 0.686. The Labute approximate surface area is 97.6 Å². The summed E-state index contributed by atoms with van der Waals surface area (Å²) in [6.07, 6.45) is 3.41. The summed E-state index contributed by atoms with van der Waals surface area (Å²) in [5.74, 6) is 0. The lowest BCUT2D eigenvalue weighted by molar-refractivity contribution is 1.24. The molecule has 1 rings (SSSR count). The first-order valence-electron chi connectivity index (χ1n) is 2.59. The Bertz CT molecular complexity index is 241. The van der Waals surface area contributed by atoms with Gasteiger partial charge in [0.25, 0.3) is 0 Å². The molecule has 0 unspecified atom stereocenters. The molecule has 5 heteroatoms. The molecule has 0 aliphatic heterocycles. The van der Waals surface area contributed by atoms with Crippen molar-refractivity contribution in [3.63, 3.8) is 0 Å². The predicted molar refractivity (Wildman–Crippen MR) is 59.9 cm³/mol. The molecule has 0 spiro atoms. The lowest BCUT2D eigenvalue weighted by Crippen LogP contribution is -1.82. The van der Waals surface area contributed by atoms with E-state index in [1.54, 1.807) is 12.4 Å². The number of halogens is 4. The van der Waals surface area contributed by atoms with Crippen LogP contribution in [0.15, 0.2) is 16.9 Å². The van der Waals surface area contributed by atoms with E-state index >= 15 is 0 Å². The molecule has 62 valence electrons. The van der Waals surface area contributed by atoms with E-state index in [4.69, 9.17) is 11.6 Å². The van der Waals surface area contributed by atoms with Crippen molar-refractivity contribution in [1.82, 2.24) is 4.98 Å². The van der Waals surface area contributed by atoms with Crippen molar-refractivity contribution in [2.45, 2.75) is 5.33 Å². The summed E-state index contributed by atoms with van der Waals surface area (Å²) in [4.78, 5) is 3.95. The number of rotatable bonds is 1. The molecule has 11 heavy (non-hydrogen) atoms. The first kappa shape index (κ1) is 11.9. The SMILES string of the molecule is Br.Clc1c(Br)cncc1CBr. The molecular formula is C6H5Br3ClN. The molecular weight excluding hydrogens is 361 g/mol.